The quantitative estimate of drug-likeness (QED) is 0.760. The smallest absolute Gasteiger partial charge is 0.250 e. The summed E-state index contributed by atoms with van der Waals surface area (Å²) in [6.45, 7) is 2.51. The highest BCUT2D eigenvalue weighted by Crippen LogP contribution is 2.28. The zero-order valence-electron chi connectivity index (χ0n) is 11.9. The van der Waals surface area contributed by atoms with Gasteiger partial charge in [-0.05, 0) is 30.5 Å². The molecule has 6 heteroatoms. The van der Waals surface area contributed by atoms with Crippen molar-refractivity contribution in [2.24, 2.45) is 5.73 Å². The van der Waals surface area contributed by atoms with Gasteiger partial charge in [0, 0.05) is 21.6 Å². The molecule has 0 saturated carbocycles. The van der Waals surface area contributed by atoms with Gasteiger partial charge in [0.05, 0.1) is 22.6 Å². The Hall–Kier alpha value is -2.11. The van der Waals surface area contributed by atoms with Crippen LogP contribution in [0.2, 0.25) is 5.02 Å². The number of nitrogens with one attached hydrogen (secondary N) is 1. The zero-order valence-corrected chi connectivity index (χ0v) is 13.5. The minimum absolute atomic E-state index is 0.429. The Morgan fingerprint density at radius 3 is 2.91 bits per heavy atom. The van der Waals surface area contributed by atoms with E-state index in [0.717, 1.165) is 26.7 Å². The van der Waals surface area contributed by atoms with E-state index >= 15 is 0 Å². The highest BCUT2D eigenvalue weighted by Gasteiger charge is 2.12. The molecule has 3 aromatic rings. The van der Waals surface area contributed by atoms with Crippen LogP contribution in [0.4, 0.5) is 5.69 Å². The SMILES string of the molecule is Cc1cc(NCc2sccc2Cl)c2cccc(C(N)=O)c2n1. The Morgan fingerprint density at radius 1 is 1.41 bits per heavy atom. The van der Waals surface area contributed by atoms with Crippen LogP contribution in [0.15, 0.2) is 35.7 Å². The fourth-order valence-corrected chi connectivity index (χ4v) is 3.39. The number of hydrogen-bond acceptors (Lipinski definition) is 4. The minimum Gasteiger partial charge on any atom is -0.379 e. The molecule has 0 aliphatic carbocycles. The lowest BCUT2D eigenvalue weighted by Gasteiger charge is -2.12. The maximum Gasteiger partial charge on any atom is 0.250 e. The average molecular weight is 332 g/mol. The molecule has 0 fully saturated rings. The van der Waals surface area contributed by atoms with Crippen LogP contribution in [0, 0.1) is 6.92 Å². The average Bonchev–Trinajstić information content (AvgIpc) is 2.89. The number of nitrogens with two attached hydrogens (primary N) is 1. The minimum atomic E-state index is -0.476. The molecular formula is C16H14ClN3OS. The van der Waals surface area contributed by atoms with E-state index in [1.807, 2.05) is 36.6 Å². The van der Waals surface area contributed by atoms with Crippen LogP contribution in [0.1, 0.15) is 20.9 Å². The summed E-state index contributed by atoms with van der Waals surface area (Å²) in [6, 6.07) is 9.26. The molecule has 0 radical (unpaired) electrons. The lowest BCUT2D eigenvalue weighted by Crippen LogP contribution is -2.12. The number of halogens is 1. The summed E-state index contributed by atoms with van der Waals surface area (Å²) in [5, 5.41) is 6.96. The Balaban J connectivity index is 2.04. The highest BCUT2D eigenvalue weighted by atomic mass is 35.5. The van der Waals surface area contributed by atoms with E-state index < -0.39 is 5.91 Å². The predicted molar refractivity (Wildman–Crippen MR) is 91.7 cm³/mol. The van der Waals surface area contributed by atoms with E-state index in [9.17, 15) is 4.79 Å². The van der Waals surface area contributed by atoms with Gasteiger partial charge in [-0.2, -0.15) is 0 Å². The van der Waals surface area contributed by atoms with Crippen molar-refractivity contribution in [3.63, 3.8) is 0 Å². The molecule has 0 unspecified atom stereocenters. The Kier molecular flexibility index (Phi) is 4.00. The second-order valence-electron chi connectivity index (χ2n) is 4.92. The van der Waals surface area contributed by atoms with Crippen molar-refractivity contribution < 1.29 is 4.79 Å². The summed E-state index contributed by atoms with van der Waals surface area (Å²) in [5.74, 6) is -0.476. The first-order valence-corrected chi connectivity index (χ1v) is 7.98. The van der Waals surface area contributed by atoms with Gasteiger partial charge in [-0.3, -0.25) is 9.78 Å². The third-order valence-corrected chi connectivity index (χ3v) is 4.75. The first-order valence-electron chi connectivity index (χ1n) is 6.72. The van der Waals surface area contributed by atoms with Gasteiger partial charge in [-0.1, -0.05) is 23.7 Å². The number of hydrogen-bond donors (Lipinski definition) is 2. The second kappa shape index (κ2) is 5.94. The van der Waals surface area contributed by atoms with Gasteiger partial charge < -0.3 is 11.1 Å². The summed E-state index contributed by atoms with van der Waals surface area (Å²) in [7, 11) is 0. The zero-order chi connectivity index (χ0) is 15.7. The highest BCUT2D eigenvalue weighted by molar-refractivity contribution is 7.10. The van der Waals surface area contributed by atoms with Crippen molar-refractivity contribution in [2.45, 2.75) is 13.5 Å². The third kappa shape index (κ3) is 2.77. The first-order chi connectivity index (χ1) is 10.6. The molecule has 0 bridgehead atoms. The maximum atomic E-state index is 11.6. The number of para-hydroxylation sites is 1. The van der Waals surface area contributed by atoms with E-state index in [4.69, 9.17) is 17.3 Å². The van der Waals surface area contributed by atoms with Gasteiger partial charge in [0.1, 0.15) is 0 Å². The van der Waals surface area contributed by atoms with Gasteiger partial charge >= 0.3 is 0 Å². The van der Waals surface area contributed by atoms with Crippen LogP contribution in [0.5, 0.6) is 0 Å². The molecule has 4 nitrogen and oxygen atoms in total. The molecule has 112 valence electrons. The summed E-state index contributed by atoms with van der Waals surface area (Å²) in [4.78, 5) is 17.1. The third-order valence-electron chi connectivity index (χ3n) is 3.36. The first kappa shape index (κ1) is 14.8. The van der Waals surface area contributed by atoms with E-state index in [0.29, 0.717) is 17.6 Å². The normalized spacial score (nSPS) is 10.8. The summed E-state index contributed by atoms with van der Waals surface area (Å²) in [5.41, 5.74) is 8.22. The molecule has 1 amide bonds. The number of anilines is 1. The van der Waals surface area contributed by atoms with Gasteiger partial charge in [0.15, 0.2) is 0 Å². The number of nitrogens with zero attached hydrogens (tertiary/aromatic N) is 1. The molecule has 0 aliphatic heterocycles. The predicted octanol–water partition coefficient (Wildman–Crippen LogP) is 3.97. The molecule has 22 heavy (non-hydrogen) atoms. The Labute approximate surface area is 136 Å². The van der Waals surface area contributed by atoms with Crippen molar-refractivity contribution in [3.8, 4) is 0 Å². The summed E-state index contributed by atoms with van der Waals surface area (Å²) in [6.07, 6.45) is 0. The molecule has 0 atom stereocenters. The van der Waals surface area contributed by atoms with Crippen LogP contribution >= 0.6 is 22.9 Å². The van der Waals surface area contributed by atoms with Crippen LogP contribution in [0.3, 0.4) is 0 Å². The van der Waals surface area contributed by atoms with Crippen molar-refractivity contribution in [1.29, 1.82) is 0 Å². The van der Waals surface area contributed by atoms with Gasteiger partial charge in [0.25, 0.3) is 5.91 Å². The number of carbonyl (C=O) groups is 1. The summed E-state index contributed by atoms with van der Waals surface area (Å²) >= 11 is 7.72. The van der Waals surface area contributed by atoms with Crippen molar-refractivity contribution in [3.05, 3.63) is 56.9 Å². The fraction of sp³-hybridized carbons (Fsp3) is 0.125. The van der Waals surface area contributed by atoms with Crippen LogP contribution in [0.25, 0.3) is 10.9 Å². The second-order valence-corrected chi connectivity index (χ2v) is 6.33. The maximum absolute atomic E-state index is 11.6. The molecule has 2 aromatic heterocycles. The number of rotatable bonds is 4. The fourth-order valence-electron chi connectivity index (χ4n) is 2.35. The number of aryl methyl sites for hydroxylation is 1. The number of benzene rings is 1. The molecule has 2 heterocycles. The molecule has 3 N–H and O–H groups in total. The van der Waals surface area contributed by atoms with Gasteiger partial charge in [-0.25, -0.2) is 0 Å². The summed E-state index contributed by atoms with van der Waals surface area (Å²) < 4.78 is 0. The largest absolute Gasteiger partial charge is 0.379 e. The van der Waals surface area contributed by atoms with Crippen LogP contribution in [-0.2, 0) is 6.54 Å². The topological polar surface area (TPSA) is 68.0 Å². The van der Waals surface area contributed by atoms with Crippen molar-refractivity contribution in [1.82, 2.24) is 4.98 Å². The number of primary amides is 1. The van der Waals surface area contributed by atoms with Gasteiger partial charge in [0.2, 0.25) is 0 Å². The lowest BCUT2D eigenvalue weighted by molar-refractivity contribution is 0.100. The van der Waals surface area contributed by atoms with Gasteiger partial charge in [-0.15, -0.1) is 11.3 Å². The van der Waals surface area contributed by atoms with E-state index in [-0.39, 0.29) is 0 Å². The molecule has 0 saturated heterocycles. The number of thiophene rings is 1. The Bertz CT molecular complexity index is 860. The standard InChI is InChI=1S/C16H14ClN3OS/c1-9-7-13(19-8-14-12(17)5-6-22-14)10-3-2-4-11(16(18)21)15(10)20-9/h2-7H,8H2,1H3,(H2,18,21)(H,19,20). The molecule has 1 aromatic carbocycles. The number of carbonyl (C=O) groups excluding carboxylic acids is 1. The van der Waals surface area contributed by atoms with Crippen molar-refractivity contribution >= 4 is 45.4 Å². The Morgan fingerprint density at radius 2 is 2.23 bits per heavy atom. The molecule has 0 spiro atoms. The van der Waals surface area contributed by atoms with E-state index in [1.54, 1.807) is 17.4 Å². The van der Waals surface area contributed by atoms with E-state index in [1.165, 1.54) is 0 Å². The van der Waals surface area contributed by atoms with Crippen LogP contribution in [-0.4, -0.2) is 10.9 Å². The van der Waals surface area contributed by atoms with Crippen molar-refractivity contribution in [2.75, 3.05) is 5.32 Å². The molecular weight excluding hydrogens is 318 g/mol. The lowest BCUT2D eigenvalue weighted by atomic mass is 10.1. The molecule has 0 aliphatic rings. The number of pyridine rings is 1. The number of amides is 1. The van der Waals surface area contributed by atoms with Crippen LogP contribution < -0.4 is 11.1 Å². The van der Waals surface area contributed by atoms with E-state index in [2.05, 4.69) is 10.3 Å². The monoisotopic (exact) mass is 331 g/mol. The molecule has 3 rings (SSSR count). The number of aromatic nitrogens is 1. The number of fused-ring (bicyclic) bond motifs is 1.